The zero-order chi connectivity index (χ0) is 18.8. The minimum Gasteiger partial charge on any atom is -0.489 e. The van der Waals surface area contributed by atoms with E-state index in [0.717, 1.165) is 25.6 Å². The van der Waals surface area contributed by atoms with Gasteiger partial charge >= 0.3 is 0 Å². The summed E-state index contributed by atoms with van der Waals surface area (Å²) in [4.78, 5) is 4.22. The molecule has 0 bridgehead atoms. The van der Waals surface area contributed by atoms with Crippen molar-refractivity contribution in [2.75, 3.05) is 40.5 Å². The molecule has 0 spiro atoms. The largest absolute Gasteiger partial charge is 0.489 e. The number of halogens is 2. The number of guanidine groups is 1. The molecule has 0 saturated heterocycles. The maximum absolute atomic E-state index is 13.5. The van der Waals surface area contributed by atoms with E-state index in [2.05, 4.69) is 15.6 Å². The highest BCUT2D eigenvalue weighted by atomic mass is 19.1. The lowest BCUT2D eigenvalue weighted by molar-refractivity contribution is 0.138. The molecule has 0 unspecified atom stereocenters. The number of hydrogen-bond acceptors (Lipinski definition) is 3. The fourth-order valence-corrected chi connectivity index (χ4v) is 3.37. The van der Waals surface area contributed by atoms with Crippen LogP contribution in [0.3, 0.4) is 0 Å². The number of nitrogens with one attached hydrogen (secondary N) is 2. The molecule has 0 aromatic heterocycles. The van der Waals surface area contributed by atoms with Gasteiger partial charge in [0.2, 0.25) is 0 Å². The molecule has 0 radical (unpaired) electrons. The van der Waals surface area contributed by atoms with Crippen LogP contribution in [-0.4, -0.2) is 46.4 Å². The van der Waals surface area contributed by atoms with Crippen molar-refractivity contribution in [3.63, 3.8) is 0 Å². The predicted molar refractivity (Wildman–Crippen MR) is 98.6 cm³/mol. The van der Waals surface area contributed by atoms with Gasteiger partial charge in [0.15, 0.2) is 17.5 Å². The van der Waals surface area contributed by atoms with Gasteiger partial charge in [-0.15, -0.1) is 0 Å². The summed E-state index contributed by atoms with van der Waals surface area (Å²) in [5.41, 5.74) is 0.265. The molecule has 0 atom stereocenters. The Morgan fingerprint density at radius 1 is 1.19 bits per heavy atom. The van der Waals surface area contributed by atoms with Gasteiger partial charge in [-0.3, -0.25) is 4.99 Å². The maximum Gasteiger partial charge on any atom is 0.191 e. The normalized spacial score (nSPS) is 16.5. The summed E-state index contributed by atoms with van der Waals surface area (Å²) in [5, 5.41) is 6.54. The SMILES string of the molecule is CN=C(NCCOc1ccc(F)cc1F)NCC1(CCOC)CCCC1. The Morgan fingerprint density at radius 2 is 1.96 bits per heavy atom. The molecule has 2 N–H and O–H groups in total. The second-order valence-electron chi connectivity index (χ2n) is 6.73. The van der Waals surface area contributed by atoms with Gasteiger partial charge in [0.05, 0.1) is 6.54 Å². The van der Waals surface area contributed by atoms with Gasteiger partial charge in [0, 0.05) is 33.4 Å². The van der Waals surface area contributed by atoms with E-state index in [4.69, 9.17) is 9.47 Å². The minimum atomic E-state index is -0.700. The Balaban J connectivity index is 1.73. The van der Waals surface area contributed by atoms with Gasteiger partial charge in [-0.05, 0) is 36.8 Å². The van der Waals surface area contributed by atoms with Crippen molar-refractivity contribution in [1.29, 1.82) is 0 Å². The summed E-state index contributed by atoms with van der Waals surface area (Å²) in [7, 11) is 3.45. The number of ether oxygens (including phenoxy) is 2. The number of aliphatic imine (C=N–C) groups is 1. The Bertz CT molecular complexity index is 590. The monoisotopic (exact) mass is 369 g/mol. The van der Waals surface area contributed by atoms with E-state index in [1.165, 1.54) is 37.8 Å². The fourth-order valence-electron chi connectivity index (χ4n) is 3.37. The third kappa shape index (κ3) is 6.12. The zero-order valence-corrected chi connectivity index (χ0v) is 15.6. The van der Waals surface area contributed by atoms with Crippen LogP contribution in [0.15, 0.2) is 23.2 Å². The van der Waals surface area contributed by atoms with Gasteiger partial charge in [-0.25, -0.2) is 8.78 Å². The lowest BCUT2D eigenvalue weighted by Crippen LogP contribution is -2.44. The Morgan fingerprint density at radius 3 is 2.62 bits per heavy atom. The van der Waals surface area contributed by atoms with Crippen molar-refractivity contribution in [3.05, 3.63) is 29.8 Å². The van der Waals surface area contributed by atoms with E-state index in [1.54, 1.807) is 14.2 Å². The molecule has 1 fully saturated rings. The molecule has 1 saturated carbocycles. The Hall–Kier alpha value is -1.89. The molecule has 0 aliphatic heterocycles. The molecule has 0 amide bonds. The summed E-state index contributed by atoms with van der Waals surface area (Å²) >= 11 is 0. The number of benzene rings is 1. The van der Waals surface area contributed by atoms with Crippen LogP contribution in [0.4, 0.5) is 8.78 Å². The first-order chi connectivity index (χ1) is 12.6. The van der Waals surface area contributed by atoms with Crippen LogP contribution < -0.4 is 15.4 Å². The molecular formula is C19H29F2N3O2. The second-order valence-corrected chi connectivity index (χ2v) is 6.73. The lowest BCUT2D eigenvalue weighted by Gasteiger charge is -2.29. The van der Waals surface area contributed by atoms with Crippen LogP contribution >= 0.6 is 0 Å². The highest BCUT2D eigenvalue weighted by Crippen LogP contribution is 2.40. The van der Waals surface area contributed by atoms with E-state index in [9.17, 15) is 8.78 Å². The molecule has 1 aromatic rings. The van der Waals surface area contributed by atoms with E-state index < -0.39 is 11.6 Å². The highest BCUT2D eigenvalue weighted by molar-refractivity contribution is 5.79. The van der Waals surface area contributed by atoms with E-state index in [-0.39, 0.29) is 17.8 Å². The summed E-state index contributed by atoms with van der Waals surface area (Å²) in [6.45, 7) is 2.33. The average Bonchev–Trinajstić information content (AvgIpc) is 3.10. The molecule has 146 valence electrons. The lowest BCUT2D eigenvalue weighted by atomic mass is 9.83. The van der Waals surface area contributed by atoms with Crippen LogP contribution in [0.1, 0.15) is 32.1 Å². The van der Waals surface area contributed by atoms with Crippen molar-refractivity contribution in [1.82, 2.24) is 10.6 Å². The minimum absolute atomic E-state index is 0.0422. The number of hydrogen-bond donors (Lipinski definition) is 2. The Labute approximate surface area is 154 Å². The number of nitrogens with zero attached hydrogens (tertiary/aromatic N) is 1. The molecule has 2 rings (SSSR count). The third-order valence-corrected chi connectivity index (χ3v) is 4.90. The molecule has 7 heteroatoms. The van der Waals surface area contributed by atoms with E-state index in [0.29, 0.717) is 12.5 Å². The maximum atomic E-state index is 13.5. The van der Waals surface area contributed by atoms with Crippen molar-refractivity contribution in [2.24, 2.45) is 10.4 Å². The van der Waals surface area contributed by atoms with Crippen LogP contribution in [-0.2, 0) is 4.74 Å². The van der Waals surface area contributed by atoms with Gasteiger partial charge in [-0.1, -0.05) is 12.8 Å². The van der Waals surface area contributed by atoms with Crippen molar-refractivity contribution in [2.45, 2.75) is 32.1 Å². The quantitative estimate of drug-likeness (QED) is 0.399. The first kappa shape index (κ1) is 20.4. The topological polar surface area (TPSA) is 54.9 Å². The third-order valence-electron chi connectivity index (χ3n) is 4.90. The highest BCUT2D eigenvalue weighted by Gasteiger charge is 2.33. The standard InChI is InChI=1S/C19H29F2N3O2/c1-22-18(24-14-19(9-11-25-2)7-3-4-8-19)23-10-12-26-17-6-5-15(20)13-16(17)21/h5-6,13H,3-4,7-12,14H2,1-2H3,(H2,22,23,24). The summed E-state index contributed by atoms with van der Waals surface area (Å²) in [5.74, 6) is -0.585. The van der Waals surface area contributed by atoms with Gasteiger partial charge in [0.25, 0.3) is 0 Å². The zero-order valence-electron chi connectivity index (χ0n) is 15.6. The molecule has 5 nitrogen and oxygen atoms in total. The van der Waals surface area contributed by atoms with Crippen LogP contribution in [0, 0.1) is 17.0 Å². The van der Waals surface area contributed by atoms with E-state index in [1.807, 2.05) is 0 Å². The van der Waals surface area contributed by atoms with Crippen LogP contribution in [0.25, 0.3) is 0 Å². The van der Waals surface area contributed by atoms with Crippen LogP contribution in [0.2, 0.25) is 0 Å². The average molecular weight is 369 g/mol. The fraction of sp³-hybridized carbons (Fsp3) is 0.632. The number of rotatable bonds is 9. The second kappa shape index (κ2) is 10.3. The van der Waals surface area contributed by atoms with Crippen molar-refractivity contribution >= 4 is 5.96 Å². The number of methoxy groups -OCH3 is 1. The van der Waals surface area contributed by atoms with Gasteiger partial charge in [0.1, 0.15) is 12.4 Å². The van der Waals surface area contributed by atoms with Gasteiger partial charge < -0.3 is 20.1 Å². The summed E-state index contributed by atoms with van der Waals surface area (Å²) < 4.78 is 37.0. The smallest absolute Gasteiger partial charge is 0.191 e. The van der Waals surface area contributed by atoms with E-state index >= 15 is 0 Å². The molecule has 0 heterocycles. The summed E-state index contributed by atoms with van der Waals surface area (Å²) in [6, 6.07) is 3.27. The van der Waals surface area contributed by atoms with Crippen LogP contribution in [0.5, 0.6) is 5.75 Å². The molecule has 1 aromatic carbocycles. The van der Waals surface area contributed by atoms with Crippen molar-refractivity contribution in [3.8, 4) is 5.75 Å². The predicted octanol–water partition coefficient (Wildman–Crippen LogP) is 3.11. The van der Waals surface area contributed by atoms with Crippen molar-refractivity contribution < 1.29 is 18.3 Å². The molecule has 26 heavy (non-hydrogen) atoms. The summed E-state index contributed by atoms with van der Waals surface area (Å²) in [6.07, 6.45) is 5.96. The first-order valence-electron chi connectivity index (χ1n) is 9.10. The van der Waals surface area contributed by atoms with Gasteiger partial charge in [-0.2, -0.15) is 0 Å². The Kier molecular flexibility index (Phi) is 8.09. The molecule has 1 aliphatic rings. The molecular weight excluding hydrogens is 340 g/mol. The first-order valence-corrected chi connectivity index (χ1v) is 9.10. The molecule has 1 aliphatic carbocycles.